The summed E-state index contributed by atoms with van der Waals surface area (Å²) in [5.74, 6) is -1.59. The van der Waals surface area contributed by atoms with Gasteiger partial charge in [-0.25, -0.2) is 8.42 Å². The molecule has 1 amide bonds. The van der Waals surface area contributed by atoms with E-state index < -0.39 is 21.9 Å². The van der Waals surface area contributed by atoms with E-state index in [2.05, 4.69) is 16.6 Å². The Kier molecular flexibility index (Phi) is 6.73. The number of anilines is 1. The average Bonchev–Trinajstić information content (AvgIpc) is 2.65. The summed E-state index contributed by atoms with van der Waals surface area (Å²) in [5.41, 5.74) is 1.02. The van der Waals surface area contributed by atoms with Gasteiger partial charge < -0.3 is 15.2 Å². The number of benzene rings is 2. The van der Waals surface area contributed by atoms with Gasteiger partial charge in [0.1, 0.15) is 0 Å². The van der Waals surface area contributed by atoms with Gasteiger partial charge in [0.2, 0.25) is 0 Å². The number of sulfonamides is 1. The van der Waals surface area contributed by atoms with Crippen molar-refractivity contribution < 1.29 is 23.1 Å². The summed E-state index contributed by atoms with van der Waals surface area (Å²) < 4.78 is 27.6. The van der Waals surface area contributed by atoms with Crippen LogP contribution in [0.4, 0.5) is 5.69 Å². The summed E-state index contributed by atoms with van der Waals surface area (Å²) in [4.78, 5) is 22.7. The Labute approximate surface area is 157 Å². The normalized spacial score (nSPS) is 10.8. The molecule has 0 fully saturated rings. The molecule has 0 aliphatic rings. The van der Waals surface area contributed by atoms with Gasteiger partial charge in [0.15, 0.2) is 0 Å². The standard InChI is InChI=1S/C19H20N2O5S/c1-2-13-20-19(24)16-5-3-4-6-17(16)21-27(25,26)15-10-7-14(8-11-15)9-12-18(22)23/h2-8,10-11,21H,1,9,12-13H2,(H,20,24)(H,22,23)/p-1. The van der Waals surface area contributed by atoms with Crippen molar-refractivity contribution >= 4 is 27.6 Å². The molecular formula is C19H19N2O5S-. The van der Waals surface area contributed by atoms with Gasteiger partial charge >= 0.3 is 0 Å². The average molecular weight is 387 g/mol. The summed E-state index contributed by atoms with van der Waals surface area (Å²) in [6.45, 7) is 3.77. The smallest absolute Gasteiger partial charge is 0.261 e. The van der Waals surface area contributed by atoms with Crippen molar-refractivity contribution in [1.82, 2.24) is 5.32 Å². The number of rotatable bonds is 9. The summed E-state index contributed by atoms with van der Waals surface area (Å²) in [7, 11) is -3.92. The number of aryl methyl sites for hydroxylation is 1. The van der Waals surface area contributed by atoms with Crippen LogP contribution >= 0.6 is 0 Å². The minimum Gasteiger partial charge on any atom is -0.550 e. The third kappa shape index (κ3) is 5.68. The highest BCUT2D eigenvalue weighted by Gasteiger charge is 2.18. The van der Waals surface area contributed by atoms with Crippen molar-refractivity contribution in [1.29, 1.82) is 0 Å². The van der Waals surface area contributed by atoms with Crippen molar-refractivity contribution in [3.05, 3.63) is 72.3 Å². The Morgan fingerprint density at radius 2 is 1.74 bits per heavy atom. The maximum Gasteiger partial charge on any atom is 0.261 e. The molecule has 8 heteroatoms. The molecule has 0 spiro atoms. The number of carboxylic acid groups (broad SMARTS) is 1. The summed E-state index contributed by atoms with van der Waals surface area (Å²) in [6.07, 6.45) is 1.63. The molecule has 0 aromatic heterocycles. The van der Waals surface area contributed by atoms with Crippen LogP contribution in [0.25, 0.3) is 0 Å². The Hall–Kier alpha value is -3.13. The predicted octanol–water partition coefficient (Wildman–Crippen LogP) is 1.09. The lowest BCUT2D eigenvalue weighted by atomic mass is 10.1. The van der Waals surface area contributed by atoms with E-state index in [1.165, 1.54) is 30.3 Å². The summed E-state index contributed by atoms with van der Waals surface area (Å²) >= 11 is 0. The predicted molar refractivity (Wildman–Crippen MR) is 99.6 cm³/mol. The van der Waals surface area contributed by atoms with Crippen molar-refractivity contribution in [2.24, 2.45) is 0 Å². The third-order valence-corrected chi connectivity index (χ3v) is 5.06. The first-order chi connectivity index (χ1) is 12.8. The fourth-order valence-corrected chi connectivity index (χ4v) is 3.40. The number of carboxylic acids is 1. The van der Waals surface area contributed by atoms with Gasteiger partial charge in [-0.15, -0.1) is 6.58 Å². The van der Waals surface area contributed by atoms with Crippen molar-refractivity contribution in [2.45, 2.75) is 17.7 Å². The molecule has 0 aliphatic carbocycles. The van der Waals surface area contributed by atoms with E-state index in [-0.39, 0.29) is 35.5 Å². The lowest BCUT2D eigenvalue weighted by Gasteiger charge is -2.13. The first-order valence-electron chi connectivity index (χ1n) is 8.13. The van der Waals surface area contributed by atoms with Gasteiger partial charge in [-0.2, -0.15) is 0 Å². The molecule has 2 aromatic rings. The fraction of sp³-hybridized carbons (Fsp3) is 0.158. The number of hydrogen-bond donors (Lipinski definition) is 2. The zero-order chi connectivity index (χ0) is 19.9. The zero-order valence-electron chi connectivity index (χ0n) is 14.5. The number of amides is 1. The van der Waals surface area contributed by atoms with Crippen molar-refractivity contribution in [2.75, 3.05) is 11.3 Å². The minimum atomic E-state index is -3.92. The van der Waals surface area contributed by atoms with E-state index in [9.17, 15) is 23.1 Å². The number of hydrogen-bond acceptors (Lipinski definition) is 5. The number of carbonyl (C=O) groups is 2. The van der Waals surface area contributed by atoms with E-state index in [1.54, 1.807) is 24.3 Å². The number of aliphatic carboxylic acids is 1. The molecule has 0 unspecified atom stereocenters. The van der Waals surface area contributed by atoms with E-state index in [4.69, 9.17) is 0 Å². The van der Waals surface area contributed by atoms with Crippen LogP contribution in [0.5, 0.6) is 0 Å². The summed E-state index contributed by atoms with van der Waals surface area (Å²) in [5, 5.41) is 13.1. The number of nitrogens with one attached hydrogen (secondary N) is 2. The van der Waals surface area contributed by atoms with Crippen LogP contribution in [0, 0.1) is 0 Å². The molecule has 0 saturated heterocycles. The zero-order valence-corrected chi connectivity index (χ0v) is 15.3. The molecule has 0 bridgehead atoms. The van der Waals surface area contributed by atoms with Gasteiger partial charge in [-0.05, 0) is 42.7 Å². The van der Waals surface area contributed by atoms with Crippen LogP contribution in [0.1, 0.15) is 22.3 Å². The molecule has 7 nitrogen and oxygen atoms in total. The molecule has 2 N–H and O–H groups in total. The first kappa shape index (κ1) is 20.2. The fourth-order valence-electron chi connectivity index (χ4n) is 2.32. The molecule has 0 atom stereocenters. The Balaban J connectivity index is 2.20. The quantitative estimate of drug-likeness (QED) is 0.625. The van der Waals surface area contributed by atoms with Crippen molar-refractivity contribution in [3.8, 4) is 0 Å². The van der Waals surface area contributed by atoms with Gasteiger partial charge in [0, 0.05) is 12.5 Å². The second-order valence-corrected chi connectivity index (χ2v) is 7.35. The maximum atomic E-state index is 12.6. The highest BCUT2D eigenvalue weighted by Crippen LogP contribution is 2.20. The SMILES string of the molecule is C=CCNC(=O)c1ccccc1NS(=O)(=O)c1ccc(CCC(=O)[O-])cc1. The van der Waals surface area contributed by atoms with E-state index >= 15 is 0 Å². The Morgan fingerprint density at radius 3 is 2.37 bits per heavy atom. The monoisotopic (exact) mass is 387 g/mol. The molecule has 27 heavy (non-hydrogen) atoms. The maximum absolute atomic E-state index is 12.6. The first-order valence-corrected chi connectivity index (χ1v) is 9.61. The lowest BCUT2D eigenvalue weighted by Crippen LogP contribution is -2.25. The molecule has 0 heterocycles. The van der Waals surface area contributed by atoms with Crippen molar-refractivity contribution in [3.63, 3.8) is 0 Å². The van der Waals surface area contributed by atoms with E-state index in [1.807, 2.05) is 0 Å². The lowest BCUT2D eigenvalue weighted by molar-refractivity contribution is -0.305. The second-order valence-electron chi connectivity index (χ2n) is 5.67. The largest absolute Gasteiger partial charge is 0.550 e. The van der Waals surface area contributed by atoms with Crippen LogP contribution in [0.3, 0.4) is 0 Å². The summed E-state index contributed by atoms with van der Waals surface area (Å²) in [6, 6.07) is 12.1. The molecule has 2 rings (SSSR count). The molecule has 142 valence electrons. The topological polar surface area (TPSA) is 115 Å². The molecule has 0 aliphatic heterocycles. The van der Waals surface area contributed by atoms with Crippen LogP contribution in [-0.4, -0.2) is 26.8 Å². The Morgan fingerprint density at radius 1 is 1.07 bits per heavy atom. The Bertz CT molecular complexity index is 937. The highest BCUT2D eigenvalue weighted by atomic mass is 32.2. The molecule has 2 aromatic carbocycles. The van der Waals surface area contributed by atoms with Gasteiger partial charge in [-0.3, -0.25) is 9.52 Å². The minimum absolute atomic E-state index is 0.000928. The third-order valence-electron chi connectivity index (χ3n) is 3.67. The van der Waals surface area contributed by atoms with Crippen LogP contribution < -0.4 is 15.1 Å². The van der Waals surface area contributed by atoms with Crippen LogP contribution in [0.2, 0.25) is 0 Å². The van der Waals surface area contributed by atoms with Crippen LogP contribution in [-0.2, 0) is 21.2 Å². The molecule has 0 saturated carbocycles. The van der Waals surface area contributed by atoms with Crippen LogP contribution in [0.15, 0.2) is 66.1 Å². The second kappa shape index (κ2) is 9.00. The highest BCUT2D eigenvalue weighted by molar-refractivity contribution is 7.92. The number of para-hydroxylation sites is 1. The van der Waals surface area contributed by atoms with E-state index in [0.717, 1.165) is 0 Å². The van der Waals surface area contributed by atoms with Gasteiger partial charge in [0.05, 0.1) is 16.1 Å². The molecular weight excluding hydrogens is 368 g/mol. The molecule has 0 radical (unpaired) electrons. The van der Waals surface area contributed by atoms with Gasteiger partial charge in [0.25, 0.3) is 15.9 Å². The van der Waals surface area contributed by atoms with Gasteiger partial charge in [-0.1, -0.05) is 30.3 Å². The van der Waals surface area contributed by atoms with E-state index in [0.29, 0.717) is 5.56 Å². The number of carbonyl (C=O) groups excluding carboxylic acids is 2.